The van der Waals surface area contributed by atoms with E-state index in [1.165, 1.54) is 19.3 Å². The molecule has 1 amide bonds. The molecule has 102 valence electrons. The van der Waals surface area contributed by atoms with E-state index >= 15 is 0 Å². The van der Waals surface area contributed by atoms with Crippen LogP contribution in [-0.4, -0.2) is 19.5 Å². The molecule has 0 fully saturated rings. The van der Waals surface area contributed by atoms with Crippen LogP contribution in [0.2, 0.25) is 0 Å². The largest absolute Gasteiger partial charge is 0.385 e. The molecule has 0 heterocycles. The normalized spacial score (nSPS) is 18.1. The summed E-state index contributed by atoms with van der Waals surface area (Å²) >= 11 is 0. The second-order valence-corrected chi connectivity index (χ2v) is 5.08. The first-order valence-corrected chi connectivity index (χ1v) is 6.96. The molecule has 1 atom stereocenters. The number of carbonyl (C=O) groups excluding carboxylic acids is 1. The molecule has 1 unspecified atom stereocenters. The molecule has 0 saturated heterocycles. The van der Waals surface area contributed by atoms with E-state index < -0.39 is 0 Å². The van der Waals surface area contributed by atoms with Gasteiger partial charge in [-0.1, -0.05) is 24.3 Å². The fraction of sp³-hybridized carbons (Fsp3) is 0.438. The van der Waals surface area contributed by atoms with Crippen molar-refractivity contribution in [2.24, 2.45) is 5.92 Å². The van der Waals surface area contributed by atoms with Gasteiger partial charge < -0.3 is 10.6 Å². The van der Waals surface area contributed by atoms with E-state index in [4.69, 9.17) is 0 Å². The maximum absolute atomic E-state index is 11.3. The Bertz CT molecular complexity index is 437. The molecule has 0 bridgehead atoms. The first kappa shape index (κ1) is 13.7. The van der Waals surface area contributed by atoms with Gasteiger partial charge in [0.25, 0.3) is 0 Å². The Labute approximate surface area is 115 Å². The Morgan fingerprint density at radius 2 is 2.05 bits per heavy atom. The summed E-state index contributed by atoms with van der Waals surface area (Å²) in [5, 5.41) is 6.11. The molecule has 0 spiro atoms. The minimum Gasteiger partial charge on any atom is -0.385 e. The molecule has 0 radical (unpaired) electrons. The Morgan fingerprint density at radius 1 is 1.26 bits per heavy atom. The van der Waals surface area contributed by atoms with Gasteiger partial charge in [-0.3, -0.25) is 4.79 Å². The number of nitrogens with one attached hydrogen (secondary N) is 2. The zero-order valence-corrected chi connectivity index (χ0v) is 11.5. The maximum atomic E-state index is 11.3. The summed E-state index contributed by atoms with van der Waals surface area (Å²) in [4.78, 5) is 11.3. The number of rotatable bonds is 5. The number of allylic oxidation sites excluding steroid dienone is 2. The Morgan fingerprint density at radius 3 is 2.68 bits per heavy atom. The molecule has 3 heteroatoms. The number of likely N-dealkylation sites (N-methyl/N-ethyl adjacent to an activating group) is 1. The van der Waals surface area contributed by atoms with Crippen molar-refractivity contribution < 1.29 is 4.79 Å². The quantitative estimate of drug-likeness (QED) is 0.797. The highest BCUT2D eigenvalue weighted by atomic mass is 16.1. The molecular weight excluding hydrogens is 236 g/mol. The number of hydrogen-bond acceptors (Lipinski definition) is 2. The van der Waals surface area contributed by atoms with Gasteiger partial charge in [-0.25, -0.2) is 0 Å². The van der Waals surface area contributed by atoms with Crippen molar-refractivity contribution in [3.8, 4) is 0 Å². The molecule has 1 aromatic rings. The highest BCUT2D eigenvalue weighted by Crippen LogP contribution is 2.19. The van der Waals surface area contributed by atoms with Crippen LogP contribution in [0.25, 0.3) is 0 Å². The second-order valence-electron chi connectivity index (χ2n) is 5.08. The summed E-state index contributed by atoms with van der Waals surface area (Å²) in [6, 6.07) is 8.13. The molecule has 2 N–H and O–H groups in total. The summed E-state index contributed by atoms with van der Waals surface area (Å²) in [7, 11) is 1.66. The Hall–Kier alpha value is -1.77. The lowest BCUT2D eigenvalue weighted by Gasteiger charge is -2.18. The van der Waals surface area contributed by atoms with E-state index in [1.807, 2.05) is 12.1 Å². The molecular formula is C16H22N2O. The third kappa shape index (κ3) is 4.43. The molecule has 0 aliphatic heterocycles. The van der Waals surface area contributed by atoms with Crippen LogP contribution in [-0.2, 0) is 11.2 Å². The van der Waals surface area contributed by atoms with Gasteiger partial charge in [0.2, 0.25) is 5.91 Å². The van der Waals surface area contributed by atoms with Crippen LogP contribution >= 0.6 is 0 Å². The third-order valence-electron chi connectivity index (χ3n) is 3.57. The standard InChI is InChI=1S/C16H22N2O/c1-17-16(19)11-13-7-9-15(10-8-13)18-12-14-5-3-2-4-6-14/h2-3,7-10,14,18H,4-6,11-12H2,1H3,(H,17,19). The van der Waals surface area contributed by atoms with Crippen LogP contribution in [0.15, 0.2) is 36.4 Å². The number of anilines is 1. The van der Waals surface area contributed by atoms with Gasteiger partial charge in [0, 0.05) is 19.3 Å². The van der Waals surface area contributed by atoms with Crippen molar-refractivity contribution in [1.29, 1.82) is 0 Å². The van der Waals surface area contributed by atoms with E-state index in [0.717, 1.165) is 23.7 Å². The second kappa shape index (κ2) is 6.98. The zero-order valence-electron chi connectivity index (χ0n) is 11.5. The van der Waals surface area contributed by atoms with E-state index in [2.05, 4.69) is 34.9 Å². The van der Waals surface area contributed by atoms with Crippen LogP contribution in [0.3, 0.4) is 0 Å². The van der Waals surface area contributed by atoms with Crippen molar-refractivity contribution in [3.05, 3.63) is 42.0 Å². The van der Waals surface area contributed by atoms with E-state index in [0.29, 0.717) is 6.42 Å². The SMILES string of the molecule is CNC(=O)Cc1ccc(NCC2CC=CCC2)cc1. The van der Waals surface area contributed by atoms with Gasteiger partial charge in [-0.2, -0.15) is 0 Å². The van der Waals surface area contributed by atoms with Gasteiger partial charge >= 0.3 is 0 Å². The van der Waals surface area contributed by atoms with Crippen LogP contribution in [0.5, 0.6) is 0 Å². The molecule has 2 rings (SSSR count). The fourth-order valence-corrected chi connectivity index (χ4v) is 2.32. The molecule has 0 saturated carbocycles. The minimum atomic E-state index is 0.0506. The zero-order chi connectivity index (χ0) is 13.5. The monoisotopic (exact) mass is 258 g/mol. The van der Waals surface area contributed by atoms with Crippen molar-refractivity contribution in [3.63, 3.8) is 0 Å². The van der Waals surface area contributed by atoms with Gasteiger partial charge in [0.1, 0.15) is 0 Å². The number of amides is 1. The summed E-state index contributed by atoms with van der Waals surface area (Å²) in [5.74, 6) is 0.797. The van der Waals surface area contributed by atoms with Crippen LogP contribution < -0.4 is 10.6 Å². The van der Waals surface area contributed by atoms with Crippen LogP contribution in [0.4, 0.5) is 5.69 Å². The lowest BCUT2D eigenvalue weighted by molar-refractivity contribution is -0.119. The summed E-state index contributed by atoms with van der Waals surface area (Å²) in [6.07, 6.45) is 8.66. The van der Waals surface area contributed by atoms with Crippen LogP contribution in [0, 0.1) is 5.92 Å². The summed E-state index contributed by atoms with van der Waals surface area (Å²) in [5.41, 5.74) is 2.18. The van der Waals surface area contributed by atoms with Crippen molar-refractivity contribution >= 4 is 11.6 Å². The molecule has 0 aromatic heterocycles. The number of carbonyl (C=O) groups is 1. The van der Waals surface area contributed by atoms with Gasteiger partial charge in [-0.15, -0.1) is 0 Å². The first-order valence-electron chi connectivity index (χ1n) is 6.96. The minimum absolute atomic E-state index is 0.0506. The summed E-state index contributed by atoms with van der Waals surface area (Å²) in [6.45, 7) is 1.03. The van der Waals surface area contributed by atoms with E-state index in [-0.39, 0.29) is 5.91 Å². The predicted octanol–water partition coefficient (Wildman–Crippen LogP) is 2.74. The lowest BCUT2D eigenvalue weighted by Crippen LogP contribution is -2.19. The Kier molecular flexibility index (Phi) is 5.01. The maximum Gasteiger partial charge on any atom is 0.224 e. The highest BCUT2D eigenvalue weighted by molar-refractivity contribution is 5.78. The molecule has 3 nitrogen and oxygen atoms in total. The van der Waals surface area contributed by atoms with E-state index in [1.54, 1.807) is 7.05 Å². The fourth-order valence-electron chi connectivity index (χ4n) is 2.32. The lowest BCUT2D eigenvalue weighted by atomic mass is 9.94. The Balaban J connectivity index is 1.81. The highest BCUT2D eigenvalue weighted by Gasteiger charge is 2.09. The van der Waals surface area contributed by atoms with Crippen LogP contribution in [0.1, 0.15) is 24.8 Å². The smallest absolute Gasteiger partial charge is 0.224 e. The number of hydrogen-bond donors (Lipinski definition) is 2. The van der Waals surface area contributed by atoms with E-state index in [9.17, 15) is 4.79 Å². The molecule has 1 aromatic carbocycles. The van der Waals surface area contributed by atoms with Crippen molar-refractivity contribution in [1.82, 2.24) is 5.32 Å². The summed E-state index contributed by atoms with van der Waals surface area (Å²) < 4.78 is 0. The first-order chi connectivity index (χ1) is 9.28. The topological polar surface area (TPSA) is 41.1 Å². The molecule has 1 aliphatic carbocycles. The molecule has 1 aliphatic rings. The average Bonchev–Trinajstić information content (AvgIpc) is 2.47. The molecule has 19 heavy (non-hydrogen) atoms. The number of benzene rings is 1. The third-order valence-corrected chi connectivity index (χ3v) is 3.57. The van der Waals surface area contributed by atoms with Gasteiger partial charge in [0.05, 0.1) is 6.42 Å². The van der Waals surface area contributed by atoms with Gasteiger partial charge in [0.15, 0.2) is 0 Å². The predicted molar refractivity (Wildman–Crippen MR) is 79.2 cm³/mol. The average molecular weight is 258 g/mol. The van der Waals surface area contributed by atoms with Crippen molar-refractivity contribution in [2.45, 2.75) is 25.7 Å². The van der Waals surface area contributed by atoms with Gasteiger partial charge in [-0.05, 0) is 42.9 Å². The van der Waals surface area contributed by atoms with Crippen molar-refractivity contribution in [2.75, 3.05) is 18.9 Å².